The van der Waals surface area contributed by atoms with Crippen molar-refractivity contribution in [2.45, 2.75) is 6.42 Å². The maximum absolute atomic E-state index is 12.1. The van der Waals surface area contributed by atoms with Gasteiger partial charge in [0.2, 0.25) is 0 Å². The maximum Gasteiger partial charge on any atom is 0.267 e. The van der Waals surface area contributed by atoms with Crippen molar-refractivity contribution in [3.63, 3.8) is 0 Å². The van der Waals surface area contributed by atoms with Crippen LogP contribution in [-0.4, -0.2) is 22.5 Å². The van der Waals surface area contributed by atoms with Crippen LogP contribution in [0.5, 0.6) is 5.75 Å². The van der Waals surface area contributed by atoms with Gasteiger partial charge in [-0.2, -0.15) is 5.26 Å². The number of anilines is 1. The Balaban J connectivity index is 1.58. The van der Waals surface area contributed by atoms with Crippen LogP contribution in [0.1, 0.15) is 5.56 Å². The van der Waals surface area contributed by atoms with Crippen molar-refractivity contribution in [2.75, 3.05) is 11.9 Å². The van der Waals surface area contributed by atoms with Gasteiger partial charge in [0.1, 0.15) is 17.4 Å². The summed E-state index contributed by atoms with van der Waals surface area (Å²) in [7, 11) is 0. The van der Waals surface area contributed by atoms with Crippen molar-refractivity contribution in [3.05, 3.63) is 72.1 Å². The van der Waals surface area contributed by atoms with Crippen molar-refractivity contribution < 1.29 is 9.90 Å². The number of aromatic hydroxyl groups is 1. The highest BCUT2D eigenvalue weighted by atomic mass is 16.3. The van der Waals surface area contributed by atoms with Crippen LogP contribution in [0.15, 0.2) is 66.5 Å². The van der Waals surface area contributed by atoms with Crippen molar-refractivity contribution in [1.82, 2.24) is 10.3 Å². The number of para-hydroxylation sites is 3. The van der Waals surface area contributed by atoms with Crippen molar-refractivity contribution in [1.29, 1.82) is 5.26 Å². The van der Waals surface area contributed by atoms with E-state index in [1.54, 1.807) is 18.2 Å². The third-order valence-electron chi connectivity index (χ3n) is 3.98. The summed E-state index contributed by atoms with van der Waals surface area (Å²) in [6, 6.07) is 16.3. The van der Waals surface area contributed by atoms with Crippen LogP contribution in [0.2, 0.25) is 0 Å². The van der Waals surface area contributed by atoms with Gasteiger partial charge in [0.15, 0.2) is 0 Å². The molecule has 6 heteroatoms. The zero-order chi connectivity index (χ0) is 18.4. The third-order valence-corrected chi connectivity index (χ3v) is 3.98. The lowest BCUT2D eigenvalue weighted by Gasteiger charge is -2.06. The number of rotatable bonds is 6. The van der Waals surface area contributed by atoms with Gasteiger partial charge in [-0.1, -0.05) is 30.3 Å². The number of hydrogen-bond acceptors (Lipinski definition) is 4. The number of nitrogens with one attached hydrogen (secondary N) is 3. The van der Waals surface area contributed by atoms with E-state index in [-0.39, 0.29) is 17.0 Å². The average molecular weight is 346 g/mol. The topological polar surface area (TPSA) is 101 Å². The molecule has 0 unspecified atom stereocenters. The standard InChI is InChI=1S/C20H18N4O2/c21-11-15(20(26)24-18-7-3-4-8-19(18)25)12-22-10-9-14-13-23-17-6-2-1-5-16(14)17/h1-8,12-13,22-23,25H,9-10H2,(H,24,26)/b15-12-. The molecule has 0 aliphatic carbocycles. The van der Waals surface area contributed by atoms with Gasteiger partial charge in [-0.25, -0.2) is 0 Å². The lowest BCUT2D eigenvalue weighted by molar-refractivity contribution is -0.112. The lowest BCUT2D eigenvalue weighted by atomic mass is 10.1. The number of aromatic amines is 1. The van der Waals surface area contributed by atoms with Crippen LogP contribution >= 0.6 is 0 Å². The predicted octanol–water partition coefficient (Wildman–Crippen LogP) is 3.05. The third kappa shape index (κ3) is 3.84. The molecule has 0 aliphatic heterocycles. The zero-order valence-corrected chi connectivity index (χ0v) is 14.0. The van der Waals surface area contributed by atoms with E-state index < -0.39 is 5.91 Å². The highest BCUT2D eigenvalue weighted by molar-refractivity contribution is 6.07. The molecule has 0 saturated heterocycles. The second-order valence-electron chi connectivity index (χ2n) is 5.70. The summed E-state index contributed by atoms with van der Waals surface area (Å²) in [5, 5.41) is 25.5. The number of carbonyl (C=O) groups is 1. The average Bonchev–Trinajstić information content (AvgIpc) is 3.07. The van der Waals surface area contributed by atoms with Gasteiger partial charge in [-0.15, -0.1) is 0 Å². The van der Waals surface area contributed by atoms with E-state index in [1.165, 1.54) is 17.8 Å². The first-order chi connectivity index (χ1) is 12.7. The van der Waals surface area contributed by atoms with E-state index in [0.29, 0.717) is 6.54 Å². The van der Waals surface area contributed by atoms with Crippen LogP contribution < -0.4 is 10.6 Å². The fourth-order valence-electron chi connectivity index (χ4n) is 2.64. The largest absolute Gasteiger partial charge is 0.506 e. The first-order valence-electron chi connectivity index (χ1n) is 8.17. The minimum atomic E-state index is -0.575. The number of aromatic nitrogens is 1. The molecule has 4 N–H and O–H groups in total. The molecule has 0 aliphatic rings. The zero-order valence-electron chi connectivity index (χ0n) is 14.0. The quantitative estimate of drug-likeness (QED) is 0.238. The van der Waals surface area contributed by atoms with E-state index in [2.05, 4.69) is 21.7 Å². The number of carbonyl (C=O) groups excluding carboxylic acids is 1. The summed E-state index contributed by atoms with van der Waals surface area (Å²) < 4.78 is 0. The number of fused-ring (bicyclic) bond motifs is 1. The Hall–Kier alpha value is -3.72. The minimum absolute atomic E-state index is 0.0505. The van der Waals surface area contributed by atoms with Gasteiger partial charge in [-0.3, -0.25) is 4.79 Å². The van der Waals surface area contributed by atoms with Gasteiger partial charge in [0.25, 0.3) is 5.91 Å². The molecule has 1 amide bonds. The summed E-state index contributed by atoms with van der Waals surface area (Å²) in [5.41, 5.74) is 2.45. The summed E-state index contributed by atoms with van der Waals surface area (Å²) in [6.07, 6.45) is 4.11. The summed E-state index contributed by atoms with van der Waals surface area (Å²) in [6.45, 7) is 0.580. The van der Waals surface area contributed by atoms with E-state index >= 15 is 0 Å². The molecule has 3 rings (SSSR count). The first kappa shape index (κ1) is 17.1. The second-order valence-corrected chi connectivity index (χ2v) is 5.70. The van der Waals surface area contributed by atoms with E-state index in [1.807, 2.05) is 30.5 Å². The first-order valence-corrected chi connectivity index (χ1v) is 8.17. The van der Waals surface area contributed by atoms with Crippen molar-refractivity contribution >= 4 is 22.5 Å². The number of H-pyrrole nitrogens is 1. The number of nitrogens with zero attached hydrogens (tertiary/aromatic N) is 1. The predicted molar refractivity (Wildman–Crippen MR) is 100 cm³/mol. The lowest BCUT2D eigenvalue weighted by Crippen LogP contribution is -2.18. The highest BCUT2D eigenvalue weighted by Crippen LogP contribution is 2.22. The molecule has 130 valence electrons. The molecule has 0 radical (unpaired) electrons. The normalized spacial score (nSPS) is 11.1. The van der Waals surface area contributed by atoms with Crippen LogP contribution in [0.25, 0.3) is 10.9 Å². The molecule has 26 heavy (non-hydrogen) atoms. The van der Waals surface area contributed by atoms with E-state index in [0.717, 1.165) is 17.3 Å². The summed E-state index contributed by atoms with van der Waals surface area (Å²) in [5.74, 6) is -0.626. The Morgan fingerprint density at radius 2 is 1.96 bits per heavy atom. The molecule has 0 spiro atoms. The molecule has 1 heterocycles. The number of phenols is 1. The number of hydrogen-bond donors (Lipinski definition) is 4. The number of benzene rings is 2. The highest BCUT2D eigenvalue weighted by Gasteiger charge is 2.11. The number of phenolic OH excluding ortho intramolecular Hbond substituents is 1. The Labute approximate surface area is 150 Å². The van der Waals surface area contributed by atoms with Gasteiger partial charge < -0.3 is 20.7 Å². The molecule has 0 saturated carbocycles. The minimum Gasteiger partial charge on any atom is -0.506 e. The van der Waals surface area contributed by atoms with Crippen molar-refractivity contribution in [2.24, 2.45) is 0 Å². The number of nitriles is 1. The van der Waals surface area contributed by atoms with Gasteiger partial charge in [0.05, 0.1) is 5.69 Å². The molecule has 1 aromatic heterocycles. The van der Waals surface area contributed by atoms with Crippen LogP contribution in [-0.2, 0) is 11.2 Å². The van der Waals surface area contributed by atoms with E-state index in [9.17, 15) is 15.2 Å². The van der Waals surface area contributed by atoms with Gasteiger partial charge in [0, 0.05) is 29.8 Å². The molecular weight excluding hydrogens is 328 g/mol. The fourth-order valence-corrected chi connectivity index (χ4v) is 2.64. The fraction of sp³-hybridized carbons (Fsp3) is 0.100. The number of amides is 1. The molecular formula is C20H18N4O2. The Kier molecular flexibility index (Phi) is 5.20. The van der Waals surface area contributed by atoms with Gasteiger partial charge >= 0.3 is 0 Å². The monoisotopic (exact) mass is 346 g/mol. The second kappa shape index (κ2) is 7.90. The smallest absolute Gasteiger partial charge is 0.267 e. The van der Waals surface area contributed by atoms with Crippen LogP contribution in [0, 0.1) is 11.3 Å². The molecule has 3 aromatic rings. The summed E-state index contributed by atoms with van der Waals surface area (Å²) >= 11 is 0. The Morgan fingerprint density at radius 3 is 2.77 bits per heavy atom. The van der Waals surface area contributed by atoms with Crippen molar-refractivity contribution in [3.8, 4) is 11.8 Å². The molecule has 0 fully saturated rings. The Morgan fingerprint density at radius 1 is 1.19 bits per heavy atom. The molecule has 0 bridgehead atoms. The summed E-state index contributed by atoms with van der Waals surface area (Å²) in [4.78, 5) is 15.4. The molecule has 6 nitrogen and oxygen atoms in total. The van der Waals surface area contributed by atoms with Gasteiger partial charge in [-0.05, 0) is 30.2 Å². The van der Waals surface area contributed by atoms with Crippen LogP contribution in [0.3, 0.4) is 0 Å². The molecule has 2 aromatic carbocycles. The Bertz CT molecular complexity index is 998. The van der Waals surface area contributed by atoms with E-state index in [4.69, 9.17) is 0 Å². The maximum atomic E-state index is 12.1. The molecule has 0 atom stereocenters. The SMILES string of the molecule is N#C/C(=C/NCCc1c[nH]c2ccccc12)C(=O)Nc1ccccc1O. The van der Waals surface area contributed by atoms with Crippen LogP contribution in [0.4, 0.5) is 5.69 Å².